The molecule has 4 unspecified atom stereocenters. The second-order valence-corrected chi connectivity index (χ2v) is 9.40. The molecule has 0 radical (unpaired) electrons. The molecule has 3 aliphatic rings. The molecule has 2 aromatic carbocycles. The highest BCUT2D eigenvalue weighted by Crippen LogP contribution is 2.65. The van der Waals surface area contributed by atoms with Crippen LogP contribution in [0.3, 0.4) is 0 Å². The SMILES string of the molecule is COc1ccc([C@H]2C[C@]3(C)C(O)CCC3C3CCc4cc(O)ccc4C32)cc1. The smallest absolute Gasteiger partial charge is 0.118 e. The second kappa shape index (κ2) is 6.52. The normalized spacial score (nSPS) is 36.3. The summed E-state index contributed by atoms with van der Waals surface area (Å²) in [5.74, 6) is 3.28. The van der Waals surface area contributed by atoms with Crippen LogP contribution in [0.25, 0.3) is 0 Å². The van der Waals surface area contributed by atoms with Gasteiger partial charge in [-0.3, -0.25) is 0 Å². The maximum atomic E-state index is 10.9. The summed E-state index contributed by atoms with van der Waals surface area (Å²) in [6.45, 7) is 2.33. The third-order valence-electron chi connectivity index (χ3n) is 8.21. The molecule has 0 saturated heterocycles. The van der Waals surface area contributed by atoms with Crippen molar-refractivity contribution in [3.8, 4) is 11.5 Å². The first-order valence-corrected chi connectivity index (χ1v) is 10.6. The number of hydrogen-bond acceptors (Lipinski definition) is 3. The van der Waals surface area contributed by atoms with Crippen molar-refractivity contribution >= 4 is 0 Å². The van der Waals surface area contributed by atoms with E-state index in [0.717, 1.165) is 37.9 Å². The Hall–Kier alpha value is -2.00. The Morgan fingerprint density at radius 2 is 1.82 bits per heavy atom. The van der Waals surface area contributed by atoms with Crippen LogP contribution in [-0.2, 0) is 6.42 Å². The molecule has 3 nitrogen and oxygen atoms in total. The van der Waals surface area contributed by atoms with Crippen LogP contribution in [0.1, 0.15) is 61.1 Å². The van der Waals surface area contributed by atoms with Gasteiger partial charge in [-0.1, -0.05) is 25.1 Å². The van der Waals surface area contributed by atoms with Crippen molar-refractivity contribution in [2.24, 2.45) is 17.3 Å². The van der Waals surface area contributed by atoms with Crippen molar-refractivity contribution in [1.82, 2.24) is 0 Å². The first kappa shape index (κ1) is 18.1. The van der Waals surface area contributed by atoms with Gasteiger partial charge in [0.15, 0.2) is 0 Å². The molecule has 0 heterocycles. The monoisotopic (exact) mass is 378 g/mol. The Bertz CT molecular complexity index is 874. The first-order valence-electron chi connectivity index (χ1n) is 10.6. The number of aliphatic hydroxyl groups is 1. The highest BCUT2D eigenvalue weighted by atomic mass is 16.5. The molecule has 2 aromatic rings. The highest BCUT2D eigenvalue weighted by molar-refractivity contribution is 5.43. The van der Waals surface area contributed by atoms with E-state index in [1.165, 1.54) is 16.7 Å². The zero-order valence-corrected chi connectivity index (χ0v) is 16.8. The lowest BCUT2D eigenvalue weighted by Gasteiger charge is -2.54. The number of phenolic OH excluding ortho intramolecular Hbond substituents is 1. The van der Waals surface area contributed by atoms with E-state index >= 15 is 0 Å². The summed E-state index contributed by atoms with van der Waals surface area (Å²) in [7, 11) is 1.70. The van der Waals surface area contributed by atoms with Gasteiger partial charge in [0, 0.05) is 0 Å². The molecule has 148 valence electrons. The molecule has 5 rings (SSSR count). The zero-order chi connectivity index (χ0) is 19.5. The fourth-order valence-electron chi connectivity index (χ4n) is 6.84. The summed E-state index contributed by atoms with van der Waals surface area (Å²) in [6, 6.07) is 14.5. The number of fused-ring (bicyclic) bond motifs is 5. The van der Waals surface area contributed by atoms with Gasteiger partial charge >= 0.3 is 0 Å². The minimum absolute atomic E-state index is 0.000182. The first-order chi connectivity index (χ1) is 13.5. The number of aromatic hydroxyl groups is 1. The molecule has 2 fully saturated rings. The molecule has 2 N–H and O–H groups in total. The van der Waals surface area contributed by atoms with Crippen LogP contribution in [0.2, 0.25) is 0 Å². The van der Waals surface area contributed by atoms with E-state index in [9.17, 15) is 10.2 Å². The van der Waals surface area contributed by atoms with E-state index in [-0.39, 0.29) is 11.5 Å². The van der Waals surface area contributed by atoms with E-state index in [2.05, 4.69) is 37.3 Å². The minimum Gasteiger partial charge on any atom is -0.508 e. The third kappa shape index (κ3) is 2.59. The summed E-state index contributed by atoms with van der Waals surface area (Å²) in [5.41, 5.74) is 4.07. The van der Waals surface area contributed by atoms with Crippen molar-refractivity contribution in [2.75, 3.05) is 7.11 Å². The van der Waals surface area contributed by atoms with Gasteiger partial charge in [0.1, 0.15) is 11.5 Å². The zero-order valence-electron chi connectivity index (χ0n) is 16.8. The van der Waals surface area contributed by atoms with Crippen molar-refractivity contribution in [3.63, 3.8) is 0 Å². The van der Waals surface area contributed by atoms with E-state index in [0.29, 0.717) is 29.4 Å². The van der Waals surface area contributed by atoms with E-state index < -0.39 is 0 Å². The Kier molecular flexibility index (Phi) is 4.20. The van der Waals surface area contributed by atoms with Crippen LogP contribution < -0.4 is 4.74 Å². The topological polar surface area (TPSA) is 49.7 Å². The van der Waals surface area contributed by atoms with E-state index in [1.807, 2.05) is 12.1 Å². The van der Waals surface area contributed by atoms with Crippen molar-refractivity contribution in [1.29, 1.82) is 0 Å². The molecular formula is C25H30O3. The fraction of sp³-hybridized carbons (Fsp3) is 0.520. The average molecular weight is 379 g/mol. The van der Waals surface area contributed by atoms with Crippen LogP contribution in [0.5, 0.6) is 11.5 Å². The van der Waals surface area contributed by atoms with Crippen molar-refractivity contribution in [3.05, 3.63) is 59.2 Å². The number of methoxy groups -OCH3 is 1. The number of benzene rings is 2. The number of rotatable bonds is 2. The quantitative estimate of drug-likeness (QED) is 0.772. The molecule has 0 aliphatic heterocycles. The maximum Gasteiger partial charge on any atom is 0.118 e. The van der Waals surface area contributed by atoms with Crippen molar-refractivity contribution < 1.29 is 14.9 Å². The number of aliphatic hydroxyl groups excluding tert-OH is 1. The number of hydrogen-bond donors (Lipinski definition) is 2. The highest BCUT2D eigenvalue weighted by Gasteiger charge is 2.57. The van der Waals surface area contributed by atoms with Crippen LogP contribution in [0.15, 0.2) is 42.5 Å². The van der Waals surface area contributed by atoms with Crippen LogP contribution in [0.4, 0.5) is 0 Å². The lowest BCUT2D eigenvalue weighted by Crippen LogP contribution is -2.47. The van der Waals surface area contributed by atoms with Gasteiger partial charge in [-0.15, -0.1) is 0 Å². The summed E-state index contributed by atoms with van der Waals surface area (Å²) in [6.07, 6.45) is 5.08. The predicted molar refractivity (Wildman–Crippen MR) is 110 cm³/mol. The van der Waals surface area contributed by atoms with Crippen LogP contribution >= 0.6 is 0 Å². The van der Waals surface area contributed by atoms with Gasteiger partial charge in [-0.25, -0.2) is 0 Å². The summed E-state index contributed by atoms with van der Waals surface area (Å²) >= 11 is 0. The molecule has 0 bridgehead atoms. The number of aryl methyl sites for hydroxylation is 1. The maximum absolute atomic E-state index is 10.9. The summed E-state index contributed by atoms with van der Waals surface area (Å²) in [4.78, 5) is 0. The molecule has 28 heavy (non-hydrogen) atoms. The predicted octanol–water partition coefficient (Wildman–Crippen LogP) is 5.01. The Morgan fingerprint density at radius 1 is 1.04 bits per heavy atom. The molecule has 0 aromatic heterocycles. The Labute approximate surface area is 167 Å². The fourth-order valence-corrected chi connectivity index (χ4v) is 6.84. The molecule has 3 aliphatic carbocycles. The van der Waals surface area contributed by atoms with E-state index in [1.54, 1.807) is 7.11 Å². The van der Waals surface area contributed by atoms with Crippen LogP contribution in [-0.4, -0.2) is 23.4 Å². The Balaban J connectivity index is 1.63. The summed E-state index contributed by atoms with van der Waals surface area (Å²) < 4.78 is 5.37. The van der Waals surface area contributed by atoms with E-state index in [4.69, 9.17) is 4.74 Å². The Morgan fingerprint density at radius 3 is 2.57 bits per heavy atom. The van der Waals surface area contributed by atoms with Gasteiger partial charge in [-0.2, -0.15) is 0 Å². The molecule has 2 saturated carbocycles. The number of ether oxygens (including phenoxy) is 1. The minimum atomic E-state index is -0.194. The van der Waals surface area contributed by atoms with Gasteiger partial charge in [0.2, 0.25) is 0 Å². The molecular weight excluding hydrogens is 348 g/mol. The van der Waals surface area contributed by atoms with Gasteiger partial charge in [0.05, 0.1) is 13.2 Å². The summed E-state index contributed by atoms with van der Waals surface area (Å²) in [5, 5.41) is 20.9. The van der Waals surface area contributed by atoms with Crippen LogP contribution in [0, 0.1) is 17.3 Å². The third-order valence-corrected chi connectivity index (χ3v) is 8.21. The molecule has 0 spiro atoms. The second-order valence-electron chi connectivity index (χ2n) is 9.40. The lowest BCUT2D eigenvalue weighted by atomic mass is 9.51. The lowest BCUT2D eigenvalue weighted by molar-refractivity contribution is -0.0322. The van der Waals surface area contributed by atoms with Gasteiger partial charge in [-0.05, 0) is 102 Å². The molecule has 6 atom stereocenters. The number of phenols is 1. The molecule has 0 amide bonds. The average Bonchev–Trinajstić information content (AvgIpc) is 3.01. The van der Waals surface area contributed by atoms with Gasteiger partial charge < -0.3 is 14.9 Å². The van der Waals surface area contributed by atoms with Gasteiger partial charge in [0.25, 0.3) is 0 Å². The molecule has 3 heteroatoms. The standard InChI is InChI=1S/C25H30O3/c1-25-14-21(15-3-7-18(28-2)8-4-15)24-19-10-6-17(26)13-16(19)5-9-20(24)22(25)11-12-23(25)27/h3-4,6-8,10,13,20-24,26-27H,5,9,11-12,14H2,1-2H3/t20?,21-,22?,23?,24?,25+/m1/s1. The van der Waals surface area contributed by atoms with Crippen molar-refractivity contribution in [2.45, 2.75) is 57.0 Å². The largest absolute Gasteiger partial charge is 0.508 e.